The molecular weight excluding hydrogens is 172 g/mol. The van der Waals surface area contributed by atoms with Crippen molar-refractivity contribution >= 4 is 0 Å². The first kappa shape index (κ1) is 9.17. The third kappa shape index (κ3) is 1.24. The van der Waals surface area contributed by atoms with Gasteiger partial charge in [-0.15, -0.1) is 0 Å². The molecule has 0 aliphatic heterocycles. The van der Waals surface area contributed by atoms with Crippen LogP contribution in [0.25, 0.3) is 0 Å². The standard InChI is InChI=1S/C12H22N2/c1-7(5-13)14-6-10-11-8-2-3-9(4-8)12(10)11/h7-12,14H,2-6,13H2,1H3. The molecule has 3 rings (SSSR count). The summed E-state index contributed by atoms with van der Waals surface area (Å²) in [5, 5.41) is 3.57. The van der Waals surface area contributed by atoms with Crippen LogP contribution >= 0.6 is 0 Å². The molecule has 0 heterocycles. The van der Waals surface area contributed by atoms with Gasteiger partial charge in [-0.25, -0.2) is 0 Å². The predicted molar refractivity (Wildman–Crippen MR) is 57.8 cm³/mol. The minimum Gasteiger partial charge on any atom is -0.329 e. The van der Waals surface area contributed by atoms with Crippen molar-refractivity contribution in [3.05, 3.63) is 0 Å². The number of hydrogen-bond donors (Lipinski definition) is 2. The Morgan fingerprint density at radius 3 is 2.50 bits per heavy atom. The molecule has 0 saturated heterocycles. The fraction of sp³-hybridized carbons (Fsp3) is 1.00. The zero-order valence-electron chi connectivity index (χ0n) is 9.08. The van der Waals surface area contributed by atoms with Crippen LogP contribution in [0.4, 0.5) is 0 Å². The van der Waals surface area contributed by atoms with Gasteiger partial charge in [-0.2, -0.15) is 0 Å². The quantitative estimate of drug-likeness (QED) is 0.706. The Morgan fingerprint density at radius 2 is 1.93 bits per heavy atom. The molecule has 5 unspecified atom stereocenters. The van der Waals surface area contributed by atoms with E-state index in [1.807, 2.05) is 0 Å². The highest BCUT2D eigenvalue weighted by molar-refractivity contribution is 5.13. The van der Waals surface area contributed by atoms with Crippen LogP contribution in [-0.4, -0.2) is 19.1 Å². The van der Waals surface area contributed by atoms with E-state index in [2.05, 4.69) is 12.2 Å². The predicted octanol–water partition coefficient (Wildman–Crippen LogP) is 1.22. The smallest absolute Gasteiger partial charge is 0.0162 e. The third-order valence-electron chi connectivity index (χ3n) is 4.95. The van der Waals surface area contributed by atoms with Gasteiger partial charge in [0, 0.05) is 12.6 Å². The minimum atomic E-state index is 0.508. The van der Waals surface area contributed by atoms with Crippen molar-refractivity contribution in [1.82, 2.24) is 5.32 Å². The summed E-state index contributed by atoms with van der Waals surface area (Å²) in [6.07, 6.45) is 4.64. The molecule has 14 heavy (non-hydrogen) atoms. The van der Waals surface area contributed by atoms with E-state index in [9.17, 15) is 0 Å². The van der Waals surface area contributed by atoms with Crippen molar-refractivity contribution in [2.24, 2.45) is 35.3 Å². The van der Waals surface area contributed by atoms with Crippen molar-refractivity contribution in [3.63, 3.8) is 0 Å². The lowest BCUT2D eigenvalue weighted by molar-refractivity contribution is 0.425. The lowest BCUT2D eigenvalue weighted by atomic mass is 10.0. The Morgan fingerprint density at radius 1 is 1.29 bits per heavy atom. The average molecular weight is 194 g/mol. The summed E-state index contributed by atoms with van der Waals surface area (Å²) in [6.45, 7) is 4.20. The van der Waals surface area contributed by atoms with E-state index >= 15 is 0 Å². The molecule has 0 spiro atoms. The molecule has 2 bridgehead atoms. The average Bonchev–Trinajstić information content (AvgIpc) is 2.60. The van der Waals surface area contributed by atoms with Gasteiger partial charge in [-0.1, -0.05) is 0 Å². The molecule has 0 amide bonds. The van der Waals surface area contributed by atoms with Crippen molar-refractivity contribution < 1.29 is 0 Å². The SMILES string of the molecule is CC(CN)NCC1C2C3CCC(C3)C12. The van der Waals surface area contributed by atoms with Gasteiger partial charge in [0.15, 0.2) is 0 Å². The summed E-state index contributed by atoms with van der Waals surface area (Å²) in [5.41, 5.74) is 5.60. The molecule has 2 nitrogen and oxygen atoms in total. The molecule has 0 aromatic carbocycles. The van der Waals surface area contributed by atoms with E-state index in [0.29, 0.717) is 6.04 Å². The number of nitrogens with two attached hydrogens (primary N) is 1. The van der Waals surface area contributed by atoms with Crippen LogP contribution in [0, 0.1) is 29.6 Å². The number of nitrogens with one attached hydrogen (secondary N) is 1. The largest absolute Gasteiger partial charge is 0.329 e. The number of fused-ring (bicyclic) bond motifs is 5. The Balaban J connectivity index is 1.50. The van der Waals surface area contributed by atoms with Crippen molar-refractivity contribution in [2.75, 3.05) is 13.1 Å². The number of rotatable bonds is 4. The molecule has 3 N–H and O–H groups in total. The van der Waals surface area contributed by atoms with Gasteiger partial charge in [0.1, 0.15) is 0 Å². The maximum atomic E-state index is 5.60. The Labute approximate surface area is 86.6 Å². The highest BCUT2D eigenvalue weighted by Crippen LogP contribution is 2.69. The topological polar surface area (TPSA) is 38.0 Å². The molecule has 80 valence electrons. The second-order valence-corrected chi connectivity index (χ2v) is 5.70. The molecule has 3 saturated carbocycles. The van der Waals surface area contributed by atoms with E-state index in [1.54, 1.807) is 6.42 Å². The Hall–Kier alpha value is -0.0800. The zero-order chi connectivity index (χ0) is 9.71. The molecule has 0 aromatic rings. The molecule has 3 aliphatic rings. The van der Waals surface area contributed by atoms with E-state index in [0.717, 1.165) is 36.1 Å². The van der Waals surface area contributed by atoms with Gasteiger partial charge in [0.2, 0.25) is 0 Å². The summed E-state index contributed by atoms with van der Waals surface area (Å²) in [5.74, 6) is 5.49. The van der Waals surface area contributed by atoms with Gasteiger partial charge in [0.25, 0.3) is 0 Å². The summed E-state index contributed by atoms with van der Waals surface area (Å²) in [6, 6.07) is 0.508. The van der Waals surface area contributed by atoms with Crippen LogP contribution in [0.1, 0.15) is 26.2 Å². The maximum Gasteiger partial charge on any atom is 0.0162 e. The highest BCUT2D eigenvalue weighted by Gasteiger charge is 2.64. The van der Waals surface area contributed by atoms with Crippen LogP contribution in [0.15, 0.2) is 0 Å². The second-order valence-electron chi connectivity index (χ2n) is 5.70. The first-order valence-electron chi connectivity index (χ1n) is 6.24. The molecule has 2 heteroatoms. The highest BCUT2D eigenvalue weighted by atomic mass is 14.9. The molecule has 0 radical (unpaired) electrons. The summed E-state index contributed by atoms with van der Waals surface area (Å²) < 4.78 is 0. The second kappa shape index (κ2) is 3.21. The molecule has 3 fully saturated rings. The van der Waals surface area contributed by atoms with Gasteiger partial charge >= 0.3 is 0 Å². The third-order valence-corrected chi connectivity index (χ3v) is 4.95. The van der Waals surface area contributed by atoms with Gasteiger partial charge in [-0.3, -0.25) is 0 Å². The first-order valence-corrected chi connectivity index (χ1v) is 6.24. The lowest BCUT2D eigenvalue weighted by Crippen LogP contribution is -2.35. The van der Waals surface area contributed by atoms with Gasteiger partial charge < -0.3 is 11.1 Å². The lowest BCUT2D eigenvalue weighted by Gasteiger charge is -2.13. The van der Waals surface area contributed by atoms with Crippen molar-refractivity contribution in [3.8, 4) is 0 Å². The zero-order valence-corrected chi connectivity index (χ0v) is 9.08. The fourth-order valence-corrected chi connectivity index (χ4v) is 4.20. The summed E-state index contributed by atoms with van der Waals surface area (Å²) >= 11 is 0. The van der Waals surface area contributed by atoms with E-state index in [-0.39, 0.29) is 0 Å². The summed E-state index contributed by atoms with van der Waals surface area (Å²) in [7, 11) is 0. The summed E-state index contributed by atoms with van der Waals surface area (Å²) in [4.78, 5) is 0. The maximum absolute atomic E-state index is 5.60. The minimum absolute atomic E-state index is 0.508. The van der Waals surface area contributed by atoms with Crippen LogP contribution in [0.5, 0.6) is 0 Å². The Bertz CT molecular complexity index is 212. The van der Waals surface area contributed by atoms with Crippen molar-refractivity contribution in [2.45, 2.75) is 32.2 Å². The van der Waals surface area contributed by atoms with Gasteiger partial charge in [-0.05, 0) is 62.3 Å². The Kier molecular flexibility index (Phi) is 2.10. The van der Waals surface area contributed by atoms with E-state index in [4.69, 9.17) is 5.73 Å². The van der Waals surface area contributed by atoms with E-state index < -0.39 is 0 Å². The fourth-order valence-electron chi connectivity index (χ4n) is 4.20. The van der Waals surface area contributed by atoms with Crippen LogP contribution < -0.4 is 11.1 Å². The monoisotopic (exact) mass is 194 g/mol. The van der Waals surface area contributed by atoms with Crippen LogP contribution in [0.2, 0.25) is 0 Å². The normalized spacial score (nSPS) is 50.6. The van der Waals surface area contributed by atoms with Crippen LogP contribution in [-0.2, 0) is 0 Å². The molecule has 0 aromatic heterocycles. The molecular formula is C12H22N2. The van der Waals surface area contributed by atoms with Crippen molar-refractivity contribution in [1.29, 1.82) is 0 Å². The number of hydrogen-bond acceptors (Lipinski definition) is 2. The van der Waals surface area contributed by atoms with Crippen LogP contribution in [0.3, 0.4) is 0 Å². The molecule has 5 atom stereocenters. The molecule has 3 aliphatic carbocycles. The van der Waals surface area contributed by atoms with E-state index in [1.165, 1.54) is 19.4 Å². The van der Waals surface area contributed by atoms with Gasteiger partial charge in [0.05, 0.1) is 0 Å². The first-order chi connectivity index (χ1) is 6.81.